The lowest BCUT2D eigenvalue weighted by Gasteiger charge is -2.37. The molecular weight excluding hydrogens is 482 g/mol. The fourth-order valence-electron chi connectivity index (χ4n) is 2.84. The van der Waals surface area contributed by atoms with E-state index in [1.807, 2.05) is 13.1 Å². The Hall–Kier alpha value is -2.73. The van der Waals surface area contributed by atoms with Crippen LogP contribution in [0.2, 0.25) is 18.1 Å². The average molecular weight is 514 g/mol. The van der Waals surface area contributed by atoms with Crippen molar-refractivity contribution in [2.24, 2.45) is 0 Å². The molecule has 0 bridgehead atoms. The van der Waals surface area contributed by atoms with Gasteiger partial charge in [0.2, 0.25) is 20.3 Å². The molecule has 0 aliphatic carbocycles. The Bertz CT molecular complexity index is 974. The summed E-state index contributed by atoms with van der Waals surface area (Å²) in [5.41, 5.74) is 0.487. The molecule has 10 nitrogen and oxygen atoms in total. The van der Waals surface area contributed by atoms with Gasteiger partial charge in [-0.05, 0) is 24.2 Å². The van der Waals surface area contributed by atoms with Crippen molar-refractivity contribution in [2.45, 2.75) is 63.2 Å². The summed E-state index contributed by atoms with van der Waals surface area (Å²) in [4.78, 5) is 48.6. The third-order valence-corrected chi connectivity index (χ3v) is 11.3. The fraction of sp³-hybridized carbons (Fsp3) is 0.545. The van der Waals surface area contributed by atoms with E-state index in [0.717, 1.165) is 0 Å². The van der Waals surface area contributed by atoms with E-state index in [0.29, 0.717) is 17.1 Å². The normalized spacial score (nSPS) is 20.1. The second-order valence-electron chi connectivity index (χ2n) is 9.42. The number of carbonyl (C=O) groups is 4. The number of benzene rings is 1. The number of cyclic esters (lactones) is 1. The summed E-state index contributed by atoms with van der Waals surface area (Å²) < 4.78 is 17.0. The van der Waals surface area contributed by atoms with Crippen LogP contribution in [0.25, 0.3) is 0 Å². The fourth-order valence-corrected chi connectivity index (χ4v) is 4.95. The smallest absolute Gasteiger partial charge is 0.345 e. The number of nitrogens with one attached hydrogen (secondary N) is 1. The van der Waals surface area contributed by atoms with Crippen LogP contribution in [0.3, 0.4) is 0 Å². The molecule has 3 N–H and O–H groups in total. The van der Waals surface area contributed by atoms with Gasteiger partial charge >= 0.3 is 17.9 Å². The number of ether oxygens (including phenoxy) is 2. The quantitative estimate of drug-likeness (QED) is 0.396. The molecule has 0 unspecified atom stereocenters. The Morgan fingerprint density at radius 3 is 2.35 bits per heavy atom. The van der Waals surface area contributed by atoms with Gasteiger partial charge in [0, 0.05) is 23.1 Å². The Kier molecular flexibility index (Phi) is 8.64. The van der Waals surface area contributed by atoms with E-state index in [2.05, 4.69) is 26.1 Å². The number of fused-ring (bicyclic) bond motifs is 1. The minimum absolute atomic E-state index is 0.00113. The third kappa shape index (κ3) is 6.66. The molecule has 1 heterocycles. The van der Waals surface area contributed by atoms with Gasteiger partial charge in [0.1, 0.15) is 17.5 Å². The largest absolute Gasteiger partial charge is 0.543 e. The molecule has 2 atom stereocenters. The highest BCUT2D eigenvalue weighted by Gasteiger charge is 2.40. The number of thioether (sulfide) groups is 1. The van der Waals surface area contributed by atoms with E-state index < -0.39 is 50.7 Å². The summed E-state index contributed by atoms with van der Waals surface area (Å²) >= 11 is 1.19. The Morgan fingerprint density at radius 1 is 1.18 bits per heavy atom. The van der Waals surface area contributed by atoms with Crippen LogP contribution in [0.5, 0.6) is 11.5 Å². The topological polar surface area (TPSA) is 148 Å². The lowest BCUT2D eigenvalue weighted by molar-refractivity contribution is -0.150. The van der Waals surface area contributed by atoms with Gasteiger partial charge in [0.15, 0.2) is 0 Å². The first-order valence-corrected chi connectivity index (χ1v) is 14.7. The van der Waals surface area contributed by atoms with Crippen LogP contribution in [0.4, 0.5) is 0 Å². The van der Waals surface area contributed by atoms with E-state index in [-0.39, 0.29) is 22.1 Å². The van der Waals surface area contributed by atoms with Crippen LogP contribution in [-0.2, 0) is 24.9 Å². The van der Waals surface area contributed by atoms with Crippen molar-refractivity contribution < 1.29 is 43.3 Å². The molecule has 34 heavy (non-hydrogen) atoms. The maximum atomic E-state index is 13.1. The SMILES string of the molecule is COc1cc(O[Si](C)(C)C(C)(C)C)c2c(c1)C(=O)O[C@H](C(=O)O)CC(=O)N[C@H](C(=O)O)CSC2. The predicted molar refractivity (Wildman–Crippen MR) is 128 cm³/mol. The minimum atomic E-state index is -2.37. The minimum Gasteiger partial charge on any atom is -0.543 e. The number of hydrogen-bond acceptors (Lipinski definition) is 8. The highest BCUT2D eigenvalue weighted by atomic mass is 32.2. The monoisotopic (exact) mass is 513 g/mol. The van der Waals surface area contributed by atoms with Gasteiger partial charge in [0.25, 0.3) is 0 Å². The molecule has 1 aliphatic heterocycles. The Balaban J connectivity index is 2.63. The van der Waals surface area contributed by atoms with Crippen LogP contribution in [0, 0.1) is 0 Å². The molecule has 188 valence electrons. The molecule has 0 saturated carbocycles. The summed E-state index contributed by atoms with van der Waals surface area (Å²) in [6.07, 6.45) is -2.51. The van der Waals surface area contributed by atoms with Crippen molar-refractivity contribution in [3.8, 4) is 11.5 Å². The second-order valence-corrected chi connectivity index (χ2v) is 15.2. The number of esters is 1. The van der Waals surface area contributed by atoms with Crippen LogP contribution >= 0.6 is 11.8 Å². The van der Waals surface area contributed by atoms with Crippen LogP contribution in [-0.4, -0.2) is 67.4 Å². The van der Waals surface area contributed by atoms with Crippen LogP contribution in [0.1, 0.15) is 43.1 Å². The first kappa shape index (κ1) is 27.5. The molecule has 1 aliphatic rings. The van der Waals surface area contributed by atoms with E-state index in [4.69, 9.17) is 13.9 Å². The van der Waals surface area contributed by atoms with Gasteiger partial charge in [-0.15, -0.1) is 0 Å². The lowest BCUT2D eigenvalue weighted by atomic mass is 10.1. The number of aliphatic carboxylic acids is 2. The standard InChI is InChI=1S/C22H31NO9SSi/c1-22(2,3)34(5,6)32-16-8-12(30-4)7-13-14(16)10-33-11-15(19(25)26)23-18(24)9-17(20(27)28)31-21(13)29/h7-8,15,17H,9-11H2,1-6H3,(H,23,24)(H,25,26)(H,27,28)/t15-,17-/m0/s1. The molecular formula is C22H31NO9SSi. The summed E-state index contributed by atoms with van der Waals surface area (Å²) in [7, 11) is -0.941. The number of methoxy groups -OCH3 is 1. The van der Waals surface area contributed by atoms with Crippen molar-refractivity contribution in [3.05, 3.63) is 23.3 Å². The van der Waals surface area contributed by atoms with Crippen molar-refractivity contribution in [1.29, 1.82) is 0 Å². The van der Waals surface area contributed by atoms with E-state index in [9.17, 15) is 29.4 Å². The summed E-state index contributed by atoms with van der Waals surface area (Å²) in [5, 5.41) is 21.1. The van der Waals surface area contributed by atoms with Crippen molar-refractivity contribution in [2.75, 3.05) is 12.9 Å². The molecule has 0 saturated heterocycles. The molecule has 1 amide bonds. The number of carboxylic acids is 2. The predicted octanol–water partition coefficient (Wildman–Crippen LogP) is 2.90. The summed E-state index contributed by atoms with van der Waals surface area (Å²) in [6, 6.07) is 1.84. The van der Waals surface area contributed by atoms with Gasteiger partial charge < -0.3 is 29.4 Å². The van der Waals surface area contributed by atoms with Crippen molar-refractivity contribution >= 4 is 43.9 Å². The van der Waals surface area contributed by atoms with Crippen molar-refractivity contribution in [1.82, 2.24) is 5.32 Å². The van der Waals surface area contributed by atoms with Gasteiger partial charge in [0.05, 0.1) is 19.1 Å². The molecule has 2 rings (SSSR count). The maximum absolute atomic E-state index is 13.1. The maximum Gasteiger partial charge on any atom is 0.345 e. The zero-order valence-electron chi connectivity index (χ0n) is 20.1. The molecule has 1 aromatic carbocycles. The first-order valence-electron chi connectivity index (χ1n) is 10.6. The highest BCUT2D eigenvalue weighted by Crippen LogP contribution is 2.41. The van der Waals surface area contributed by atoms with Crippen LogP contribution in [0.15, 0.2) is 12.1 Å². The molecule has 0 fully saturated rings. The number of rotatable bonds is 5. The molecule has 12 heteroatoms. The molecule has 0 spiro atoms. The van der Waals surface area contributed by atoms with E-state index >= 15 is 0 Å². The number of amides is 1. The first-order chi connectivity index (χ1) is 15.7. The van der Waals surface area contributed by atoms with Crippen LogP contribution < -0.4 is 14.5 Å². The van der Waals surface area contributed by atoms with Gasteiger partial charge in [-0.25, -0.2) is 14.4 Å². The van der Waals surface area contributed by atoms with Gasteiger partial charge in [-0.3, -0.25) is 4.79 Å². The van der Waals surface area contributed by atoms with E-state index in [1.165, 1.54) is 24.9 Å². The van der Waals surface area contributed by atoms with Gasteiger partial charge in [-0.2, -0.15) is 11.8 Å². The number of carboxylic acid groups (broad SMARTS) is 2. The zero-order chi connectivity index (χ0) is 25.8. The Labute approximate surface area is 203 Å². The van der Waals surface area contributed by atoms with Crippen molar-refractivity contribution in [3.63, 3.8) is 0 Å². The zero-order valence-corrected chi connectivity index (χ0v) is 21.9. The molecule has 0 radical (unpaired) electrons. The summed E-state index contributed by atoms with van der Waals surface area (Å²) in [5.74, 6) is -3.70. The number of hydrogen-bond donors (Lipinski definition) is 3. The third-order valence-electron chi connectivity index (χ3n) is 5.87. The number of carbonyl (C=O) groups excluding carboxylic acids is 2. The second kappa shape index (κ2) is 10.7. The highest BCUT2D eigenvalue weighted by molar-refractivity contribution is 7.98. The average Bonchev–Trinajstić information content (AvgIpc) is 2.70. The van der Waals surface area contributed by atoms with E-state index in [1.54, 1.807) is 6.07 Å². The molecule has 0 aromatic heterocycles. The molecule has 1 aromatic rings. The van der Waals surface area contributed by atoms with Gasteiger partial charge in [-0.1, -0.05) is 20.8 Å². The summed E-state index contributed by atoms with van der Waals surface area (Å²) in [6.45, 7) is 10.3. The lowest BCUT2D eigenvalue weighted by Crippen LogP contribution is -2.45. The Morgan fingerprint density at radius 2 is 1.82 bits per heavy atom.